The highest BCUT2D eigenvalue weighted by Crippen LogP contribution is 2.18. The Hall–Kier alpha value is -2.11. The van der Waals surface area contributed by atoms with Crippen molar-refractivity contribution >= 4 is 23.4 Å². The van der Waals surface area contributed by atoms with E-state index in [0.717, 1.165) is 13.0 Å². The summed E-state index contributed by atoms with van der Waals surface area (Å²) in [7, 11) is 0. The smallest absolute Gasteiger partial charge is 0.303 e. The lowest BCUT2D eigenvalue weighted by Gasteiger charge is -2.10. The van der Waals surface area contributed by atoms with Crippen molar-refractivity contribution in [3.8, 4) is 0 Å². The van der Waals surface area contributed by atoms with Crippen LogP contribution in [0.5, 0.6) is 0 Å². The first kappa shape index (κ1) is 14.0. The van der Waals surface area contributed by atoms with E-state index in [-0.39, 0.29) is 18.7 Å². The number of hydrogen-bond acceptors (Lipinski definition) is 4. The molecule has 0 radical (unpaired) electrons. The number of amides is 1. The molecular formula is C12H17N3O3. The largest absolute Gasteiger partial charge is 0.481 e. The van der Waals surface area contributed by atoms with Gasteiger partial charge in [-0.1, -0.05) is 6.92 Å². The summed E-state index contributed by atoms with van der Waals surface area (Å²) < 4.78 is 0. The zero-order valence-electron chi connectivity index (χ0n) is 10.3. The molecule has 0 aliphatic heterocycles. The molecule has 1 aromatic rings. The highest BCUT2D eigenvalue weighted by atomic mass is 16.4. The summed E-state index contributed by atoms with van der Waals surface area (Å²) in [4.78, 5) is 26.0. The van der Waals surface area contributed by atoms with Crippen LogP contribution in [0.3, 0.4) is 0 Å². The molecule has 18 heavy (non-hydrogen) atoms. The van der Waals surface area contributed by atoms with Crippen molar-refractivity contribution in [2.75, 3.05) is 17.2 Å². The van der Waals surface area contributed by atoms with Crippen LogP contribution in [0.1, 0.15) is 26.2 Å². The molecule has 1 amide bonds. The minimum atomic E-state index is -0.985. The van der Waals surface area contributed by atoms with Crippen molar-refractivity contribution in [3.63, 3.8) is 0 Å². The number of carboxylic acids is 1. The zero-order chi connectivity index (χ0) is 13.4. The SMILES string of the molecule is CCCNc1ncccc1NC(=O)CCC(=O)O. The topological polar surface area (TPSA) is 91.3 Å². The number of anilines is 2. The third kappa shape index (κ3) is 4.82. The minimum absolute atomic E-state index is 0.0442. The Labute approximate surface area is 105 Å². The van der Waals surface area contributed by atoms with Gasteiger partial charge in [0.15, 0.2) is 0 Å². The van der Waals surface area contributed by atoms with Crippen LogP contribution >= 0.6 is 0 Å². The van der Waals surface area contributed by atoms with Crippen molar-refractivity contribution in [1.29, 1.82) is 0 Å². The first-order chi connectivity index (χ1) is 8.63. The Balaban J connectivity index is 2.59. The van der Waals surface area contributed by atoms with Gasteiger partial charge in [-0.3, -0.25) is 9.59 Å². The van der Waals surface area contributed by atoms with E-state index in [1.54, 1.807) is 18.3 Å². The first-order valence-corrected chi connectivity index (χ1v) is 5.84. The molecule has 1 rings (SSSR count). The lowest BCUT2D eigenvalue weighted by molar-refractivity contribution is -0.138. The lowest BCUT2D eigenvalue weighted by atomic mass is 10.3. The van der Waals surface area contributed by atoms with Crippen molar-refractivity contribution in [2.24, 2.45) is 0 Å². The van der Waals surface area contributed by atoms with Gasteiger partial charge in [0.1, 0.15) is 5.82 Å². The van der Waals surface area contributed by atoms with Crippen LogP contribution in [0.25, 0.3) is 0 Å². The molecule has 6 nitrogen and oxygen atoms in total. The number of carbonyl (C=O) groups is 2. The third-order valence-corrected chi connectivity index (χ3v) is 2.19. The molecule has 0 unspecified atom stereocenters. The van der Waals surface area contributed by atoms with Gasteiger partial charge in [-0.25, -0.2) is 4.98 Å². The number of aromatic nitrogens is 1. The molecule has 0 fully saturated rings. The molecule has 6 heteroatoms. The first-order valence-electron chi connectivity index (χ1n) is 5.84. The van der Waals surface area contributed by atoms with E-state index >= 15 is 0 Å². The molecule has 0 saturated carbocycles. The van der Waals surface area contributed by atoms with E-state index in [0.29, 0.717) is 11.5 Å². The molecule has 1 aromatic heterocycles. The van der Waals surface area contributed by atoms with Crippen molar-refractivity contribution in [1.82, 2.24) is 4.98 Å². The molecule has 0 bridgehead atoms. The summed E-state index contributed by atoms with van der Waals surface area (Å²) in [5.41, 5.74) is 0.571. The van der Waals surface area contributed by atoms with Gasteiger partial charge in [-0.15, -0.1) is 0 Å². The predicted octanol–water partition coefficient (Wildman–Crippen LogP) is 1.71. The van der Waals surface area contributed by atoms with Crippen molar-refractivity contribution < 1.29 is 14.7 Å². The molecule has 0 saturated heterocycles. The molecule has 98 valence electrons. The van der Waals surface area contributed by atoms with Crippen molar-refractivity contribution in [2.45, 2.75) is 26.2 Å². The van der Waals surface area contributed by atoms with E-state index in [9.17, 15) is 9.59 Å². The normalized spacial score (nSPS) is 9.83. The highest BCUT2D eigenvalue weighted by molar-refractivity contribution is 5.94. The van der Waals surface area contributed by atoms with E-state index in [4.69, 9.17) is 5.11 Å². The van der Waals surface area contributed by atoms with Gasteiger partial charge in [0.2, 0.25) is 5.91 Å². The van der Waals surface area contributed by atoms with E-state index in [1.807, 2.05) is 6.92 Å². The molecule has 3 N–H and O–H groups in total. The monoisotopic (exact) mass is 251 g/mol. The Bertz CT molecular complexity index is 421. The molecule has 1 heterocycles. The fourth-order valence-electron chi connectivity index (χ4n) is 1.32. The fraction of sp³-hybridized carbons (Fsp3) is 0.417. The molecule has 0 aromatic carbocycles. The number of carbonyl (C=O) groups excluding carboxylic acids is 1. The molecule has 0 spiro atoms. The Kier molecular flexibility index (Phi) is 5.63. The van der Waals surface area contributed by atoms with E-state index in [2.05, 4.69) is 15.6 Å². The van der Waals surface area contributed by atoms with Gasteiger partial charge in [0.25, 0.3) is 0 Å². The van der Waals surface area contributed by atoms with Crippen LogP contribution in [0, 0.1) is 0 Å². The van der Waals surface area contributed by atoms with Crippen LogP contribution in [0.15, 0.2) is 18.3 Å². The maximum atomic E-state index is 11.5. The fourth-order valence-corrected chi connectivity index (χ4v) is 1.32. The van der Waals surface area contributed by atoms with Crippen LogP contribution in [0.2, 0.25) is 0 Å². The van der Waals surface area contributed by atoms with E-state index < -0.39 is 5.97 Å². The van der Waals surface area contributed by atoms with Gasteiger partial charge in [-0.05, 0) is 18.6 Å². The number of aliphatic carboxylic acids is 1. The summed E-state index contributed by atoms with van der Waals surface area (Å²) >= 11 is 0. The molecule has 0 atom stereocenters. The van der Waals surface area contributed by atoms with Crippen molar-refractivity contribution in [3.05, 3.63) is 18.3 Å². The average molecular weight is 251 g/mol. The number of nitrogens with zero attached hydrogens (tertiary/aromatic N) is 1. The second kappa shape index (κ2) is 7.26. The summed E-state index contributed by atoms with van der Waals surface area (Å²) in [5.74, 6) is -0.714. The van der Waals surface area contributed by atoms with Crippen LogP contribution in [-0.2, 0) is 9.59 Å². The van der Waals surface area contributed by atoms with Gasteiger partial charge >= 0.3 is 5.97 Å². The number of carboxylic acid groups (broad SMARTS) is 1. The van der Waals surface area contributed by atoms with Gasteiger partial charge in [0.05, 0.1) is 12.1 Å². The quantitative estimate of drug-likeness (QED) is 0.686. The van der Waals surface area contributed by atoms with Gasteiger partial charge in [-0.2, -0.15) is 0 Å². The second-order valence-electron chi connectivity index (χ2n) is 3.77. The maximum Gasteiger partial charge on any atom is 0.303 e. The number of nitrogens with one attached hydrogen (secondary N) is 2. The van der Waals surface area contributed by atoms with Crippen LogP contribution in [-0.4, -0.2) is 28.5 Å². The Morgan fingerprint density at radius 3 is 2.83 bits per heavy atom. The molecular weight excluding hydrogens is 234 g/mol. The maximum absolute atomic E-state index is 11.5. The Morgan fingerprint density at radius 1 is 1.39 bits per heavy atom. The summed E-state index contributed by atoms with van der Waals surface area (Å²) in [6.07, 6.45) is 2.36. The summed E-state index contributed by atoms with van der Waals surface area (Å²) in [5, 5.41) is 14.2. The third-order valence-electron chi connectivity index (χ3n) is 2.19. The van der Waals surface area contributed by atoms with E-state index in [1.165, 1.54) is 0 Å². The summed E-state index contributed by atoms with van der Waals surface area (Å²) in [6.45, 7) is 2.79. The average Bonchev–Trinajstić information content (AvgIpc) is 2.35. The van der Waals surface area contributed by atoms with Gasteiger partial charge in [0, 0.05) is 19.2 Å². The number of hydrogen-bond donors (Lipinski definition) is 3. The standard InChI is InChI=1S/C12H17N3O3/c1-2-7-13-12-9(4-3-8-14-12)15-10(16)5-6-11(17)18/h3-4,8H,2,5-7H2,1H3,(H,13,14)(H,15,16)(H,17,18). The Morgan fingerprint density at radius 2 is 2.17 bits per heavy atom. The lowest BCUT2D eigenvalue weighted by Crippen LogP contribution is -2.15. The molecule has 0 aliphatic carbocycles. The van der Waals surface area contributed by atoms with Gasteiger partial charge < -0.3 is 15.7 Å². The second-order valence-corrected chi connectivity index (χ2v) is 3.77. The van der Waals surface area contributed by atoms with Crippen LogP contribution in [0.4, 0.5) is 11.5 Å². The zero-order valence-corrected chi connectivity index (χ0v) is 10.3. The number of rotatable bonds is 7. The summed E-state index contributed by atoms with van der Waals surface area (Å²) in [6, 6.07) is 3.44. The molecule has 0 aliphatic rings. The predicted molar refractivity (Wildman–Crippen MR) is 68.5 cm³/mol. The minimum Gasteiger partial charge on any atom is -0.481 e. The van der Waals surface area contributed by atoms with Crippen LogP contribution < -0.4 is 10.6 Å². The number of pyridine rings is 1. The highest BCUT2D eigenvalue weighted by Gasteiger charge is 2.08.